The van der Waals surface area contributed by atoms with Crippen LogP contribution in [0.3, 0.4) is 0 Å². The molecule has 6 nitrogen and oxygen atoms in total. The molecular weight excluding hydrogens is 414 g/mol. The Morgan fingerprint density at radius 3 is 2.58 bits per heavy atom. The number of thioether (sulfide) groups is 1. The van der Waals surface area contributed by atoms with Crippen LogP contribution in [0, 0.1) is 0 Å². The first-order valence-electron chi connectivity index (χ1n) is 8.60. The summed E-state index contributed by atoms with van der Waals surface area (Å²) in [5.74, 6) is 0.529. The average Bonchev–Trinajstić information content (AvgIpc) is 3.09. The van der Waals surface area contributed by atoms with Crippen LogP contribution in [-0.2, 0) is 4.79 Å². The maximum Gasteiger partial charge on any atom is 0.233 e. The van der Waals surface area contributed by atoms with Gasteiger partial charge in [-0.1, -0.05) is 39.8 Å². The van der Waals surface area contributed by atoms with E-state index in [4.69, 9.17) is 0 Å². The van der Waals surface area contributed by atoms with Crippen molar-refractivity contribution in [2.24, 2.45) is 0 Å². The first kappa shape index (κ1) is 17.5. The molecule has 2 aromatic heterocycles. The summed E-state index contributed by atoms with van der Waals surface area (Å²) >= 11 is 4.84. The van der Waals surface area contributed by atoms with Crippen LogP contribution in [0.2, 0.25) is 0 Å². The van der Waals surface area contributed by atoms with Crippen LogP contribution >= 0.6 is 27.7 Å². The molecule has 134 valence electrons. The van der Waals surface area contributed by atoms with Gasteiger partial charge in [-0.25, -0.2) is 0 Å². The van der Waals surface area contributed by atoms with Gasteiger partial charge in [-0.05, 0) is 43.5 Å². The van der Waals surface area contributed by atoms with Gasteiger partial charge in [0.05, 0.1) is 11.4 Å². The summed E-state index contributed by atoms with van der Waals surface area (Å²) in [6, 6.07) is 11.8. The Labute approximate surface area is 164 Å². The van der Waals surface area contributed by atoms with Gasteiger partial charge in [0, 0.05) is 23.1 Å². The van der Waals surface area contributed by atoms with Crippen molar-refractivity contribution in [2.45, 2.75) is 24.4 Å². The summed E-state index contributed by atoms with van der Waals surface area (Å²) < 4.78 is 2.74. The molecule has 3 aromatic rings. The molecule has 0 N–H and O–H groups in total. The Morgan fingerprint density at radius 1 is 1.04 bits per heavy atom. The van der Waals surface area contributed by atoms with E-state index < -0.39 is 0 Å². The number of fused-ring (bicyclic) bond motifs is 1. The van der Waals surface area contributed by atoms with E-state index in [1.807, 2.05) is 41.3 Å². The lowest BCUT2D eigenvalue weighted by molar-refractivity contribution is -0.129. The minimum atomic E-state index is 0.163. The molecule has 1 saturated heterocycles. The summed E-state index contributed by atoms with van der Waals surface area (Å²) in [5, 5.41) is 13.7. The van der Waals surface area contributed by atoms with E-state index in [2.05, 4.69) is 31.2 Å². The molecule has 0 saturated carbocycles. The highest BCUT2D eigenvalue weighted by atomic mass is 79.9. The van der Waals surface area contributed by atoms with Crippen LogP contribution in [-0.4, -0.2) is 49.5 Å². The highest BCUT2D eigenvalue weighted by molar-refractivity contribution is 9.10. The number of likely N-dealkylation sites (tertiary alicyclic amines) is 1. The van der Waals surface area contributed by atoms with Crippen LogP contribution in [0.15, 0.2) is 46.0 Å². The number of carbonyl (C=O) groups excluding carboxylic acids is 1. The van der Waals surface area contributed by atoms with E-state index in [1.165, 1.54) is 18.2 Å². The topological polar surface area (TPSA) is 63.4 Å². The third-order valence-corrected chi connectivity index (χ3v) is 5.84. The van der Waals surface area contributed by atoms with Gasteiger partial charge in [-0.15, -0.1) is 10.2 Å². The molecule has 1 amide bonds. The average molecular weight is 432 g/mol. The Bertz CT molecular complexity index is 921. The smallest absolute Gasteiger partial charge is 0.233 e. The van der Waals surface area contributed by atoms with Gasteiger partial charge in [0.25, 0.3) is 0 Å². The molecule has 0 aliphatic carbocycles. The fraction of sp³-hybridized carbons (Fsp3) is 0.333. The van der Waals surface area contributed by atoms with Crippen LogP contribution in [0.1, 0.15) is 19.3 Å². The second-order valence-corrected chi connectivity index (χ2v) is 8.07. The predicted octanol–water partition coefficient (Wildman–Crippen LogP) is 3.66. The maximum absolute atomic E-state index is 12.4. The molecule has 1 aliphatic rings. The lowest BCUT2D eigenvalue weighted by atomic mass is 10.1. The molecule has 0 spiro atoms. The minimum Gasteiger partial charge on any atom is -0.342 e. The van der Waals surface area contributed by atoms with Gasteiger partial charge in [-0.2, -0.15) is 9.61 Å². The number of halogens is 1. The van der Waals surface area contributed by atoms with Gasteiger partial charge < -0.3 is 4.90 Å². The van der Waals surface area contributed by atoms with Crippen LogP contribution < -0.4 is 0 Å². The molecule has 1 aliphatic heterocycles. The van der Waals surface area contributed by atoms with Crippen LogP contribution in [0.25, 0.3) is 16.9 Å². The van der Waals surface area contributed by atoms with Crippen molar-refractivity contribution in [1.82, 2.24) is 24.7 Å². The molecule has 1 aromatic carbocycles. The summed E-state index contributed by atoms with van der Waals surface area (Å²) in [6.45, 7) is 1.73. The highest BCUT2D eigenvalue weighted by Crippen LogP contribution is 2.23. The number of rotatable bonds is 4. The Hall–Kier alpha value is -1.93. The van der Waals surface area contributed by atoms with Crippen LogP contribution in [0.5, 0.6) is 0 Å². The SMILES string of the molecule is O=C(CSc1nnc2ccc(-c3ccc(Br)cc3)nn12)N1CCCCC1. The minimum absolute atomic E-state index is 0.163. The molecule has 3 heterocycles. The fourth-order valence-electron chi connectivity index (χ4n) is 2.99. The van der Waals surface area contributed by atoms with Gasteiger partial charge in [0.15, 0.2) is 5.65 Å². The van der Waals surface area contributed by atoms with Crippen molar-refractivity contribution in [3.63, 3.8) is 0 Å². The number of hydrogen-bond acceptors (Lipinski definition) is 5. The third kappa shape index (κ3) is 3.76. The quantitative estimate of drug-likeness (QED) is 0.589. The van der Waals surface area contributed by atoms with Crippen molar-refractivity contribution >= 4 is 39.2 Å². The first-order chi connectivity index (χ1) is 12.7. The van der Waals surface area contributed by atoms with Gasteiger partial charge in [0.1, 0.15) is 0 Å². The molecule has 8 heteroatoms. The molecular formula is C18H18BrN5OS. The van der Waals surface area contributed by atoms with E-state index in [-0.39, 0.29) is 5.91 Å². The second-order valence-electron chi connectivity index (χ2n) is 6.21. The van der Waals surface area contributed by atoms with Crippen molar-refractivity contribution < 1.29 is 4.79 Å². The van der Waals surface area contributed by atoms with Crippen molar-refractivity contribution in [1.29, 1.82) is 0 Å². The van der Waals surface area contributed by atoms with Gasteiger partial charge >= 0.3 is 0 Å². The Kier molecular flexibility index (Phi) is 5.21. The largest absolute Gasteiger partial charge is 0.342 e. The van der Waals surface area contributed by atoms with E-state index in [9.17, 15) is 4.79 Å². The standard InChI is InChI=1S/C18H18BrN5OS/c19-14-6-4-13(5-7-14)15-8-9-16-20-21-18(24(16)22-15)26-12-17(25)23-10-2-1-3-11-23/h4-9H,1-3,10-12H2. The number of nitrogens with zero attached hydrogens (tertiary/aromatic N) is 5. The summed E-state index contributed by atoms with van der Waals surface area (Å²) in [5.41, 5.74) is 2.54. The Morgan fingerprint density at radius 2 is 1.81 bits per heavy atom. The summed E-state index contributed by atoms with van der Waals surface area (Å²) in [6.07, 6.45) is 3.42. The molecule has 0 bridgehead atoms. The van der Waals surface area contributed by atoms with Crippen molar-refractivity contribution in [3.05, 3.63) is 40.9 Å². The summed E-state index contributed by atoms with van der Waals surface area (Å²) in [7, 11) is 0. The van der Waals surface area contributed by atoms with E-state index in [0.29, 0.717) is 16.6 Å². The molecule has 0 unspecified atom stereocenters. The molecule has 26 heavy (non-hydrogen) atoms. The first-order valence-corrected chi connectivity index (χ1v) is 10.4. The number of piperidine rings is 1. The number of hydrogen-bond donors (Lipinski definition) is 0. The molecule has 4 rings (SSSR count). The van der Waals surface area contributed by atoms with E-state index in [1.54, 1.807) is 4.52 Å². The van der Waals surface area contributed by atoms with Crippen molar-refractivity contribution in [3.8, 4) is 11.3 Å². The monoisotopic (exact) mass is 431 g/mol. The molecule has 0 atom stereocenters. The number of benzene rings is 1. The van der Waals surface area contributed by atoms with E-state index in [0.717, 1.165) is 41.7 Å². The second kappa shape index (κ2) is 7.75. The maximum atomic E-state index is 12.4. The molecule has 1 fully saturated rings. The van der Waals surface area contributed by atoms with E-state index >= 15 is 0 Å². The Balaban J connectivity index is 1.53. The zero-order chi connectivity index (χ0) is 17.9. The normalized spacial score (nSPS) is 14.7. The van der Waals surface area contributed by atoms with Crippen LogP contribution in [0.4, 0.5) is 0 Å². The van der Waals surface area contributed by atoms with Gasteiger partial charge in [-0.3, -0.25) is 4.79 Å². The summed E-state index contributed by atoms with van der Waals surface area (Å²) in [4.78, 5) is 14.3. The third-order valence-electron chi connectivity index (χ3n) is 4.41. The predicted molar refractivity (Wildman–Crippen MR) is 105 cm³/mol. The molecule has 0 radical (unpaired) electrons. The number of carbonyl (C=O) groups is 1. The lowest BCUT2D eigenvalue weighted by Gasteiger charge is -2.26. The highest BCUT2D eigenvalue weighted by Gasteiger charge is 2.18. The zero-order valence-electron chi connectivity index (χ0n) is 14.1. The van der Waals surface area contributed by atoms with Gasteiger partial charge in [0.2, 0.25) is 11.1 Å². The number of aromatic nitrogens is 4. The zero-order valence-corrected chi connectivity index (χ0v) is 16.5. The lowest BCUT2D eigenvalue weighted by Crippen LogP contribution is -2.36. The number of amides is 1. The van der Waals surface area contributed by atoms with Crippen molar-refractivity contribution in [2.75, 3.05) is 18.8 Å². The fourth-order valence-corrected chi connectivity index (χ4v) is 4.05.